The molecule has 0 aliphatic carbocycles. The van der Waals surface area contributed by atoms with Gasteiger partial charge in [0.05, 0.1) is 23.7 Å². The van der Waals surface area contributed by atoms with E-state index in [9.17, 15) is 19.5 Å². The molecule has 29 heavy (non-hydrogen) atoms. The molecule has 1 aromatic heterocycles. The second-order valence-corrected chi connectivity index (χ2v) is 7.37. The Morgan fingerprint density at radius 2 is 1.86 bits per heavy atom. The van der Waals surface area contributed by atoms with Crippen LogP contribution in [0, 0.1) is 18.8 Å². The number of carbonyl (C=O) groups excluding carboxylic acids is 2. The average molecular weight is 395 g/mol. The first-order chi connectivity index (χ1) is 13.9. The number of nitrogens with one attached hydrogen (secondary N) is 1. The highest BCUT2D eigenvalue weighted by Crippen LogP contribution is 2.26. The number of aliphatic carboxylic acids is 1. The van der Waals surface area contributed by atoms with Crippen molar-refractivity contribution in [1.29, 1.82) is 0 Å². The number of piperidine rings is 1. The van der Waals surface area contributed by atoms with E-state index in [2.05, 4.69) is 10.3 Å². The minimum atomic E-state index is -0.999. The van der Waals surface area contributed by atoms with E-state index < -0.39 is 17.8 Å². The van der Waals surface area contributed by atoms with Gasteiger partial charge >= 0.3 is 5.97 Å². The van der Waals surface area contributed by atoms with Crippen molar-refractivity contribution in [2.45, 2.75) is 26.7 Å². The molecule has 0 unspecified atom stereocenters. The number of carbonyl (C=O) groups is 3. The van der Waals surface area contributed by atoms with Crippen molar-refractivity contribution in [3.05, 3.63) is 59.4 Å². The molecule has 2 aromatic rings. The highest BCUT2D eigenvalue weighted by molar-refractivity contribution is 5.97. The van der Waals surface area contributed by atoms with Crippen LogP contribution in [0.4, 0.5) is 5.69 Å². The van der Waals surface area contributed by atoms with Crippen LogP contribution in [-0.4, -0.2) is 45.9 Å². The van der Waals surface area contributed by atoms with Crippen molar-refractivity contribution in [2.24, 2.45) is 11.8 Å². The lowest BCUT2D eigenvalue weighted by atomic mass is 9.87. The second-order valence-electron chi connectivity index (χ2n) is 7.37. The van der Waals surface area contributed by atoms with Gasteiger partial charge in [-0.2, -0.15) is 0 Å². The number of nitrogens with zero attached hydrogens (tertiary/aromatic N) is 2. The molecule has 1 aromatic carbocycles. The van der Waals surface area contributed by atoms with Gasteiger partial charge in [0, 0.05) is 24.3 Å². The Morgan fingerprint density at radius 3 is 2.52 bits per heavy atom. The maximum absolute atomic E-state index is 13.1. The van der Waals surface area contributed by atoms with Crippen LogP contribution < -0.4 is 5.32 Å². The van der Waals surface area contributed by atoms with E-state index in [0.29, 0.717) is 17.7 Å². The molecule has 1 saturated heterocycles. The van der Waals surface area contributed by atoms with Crippen molar-refractivity contribution >= 4 is 23.5 Å². The molecule has 0 saturated carbocycles. The topological polar surface area (TPSA) is 99.6 Å². The zero-order valence-corrected chi connectivity index (χ0v) is 16.6. The third-order valence-corrected chi connectivity index (χ3v) is 5.27. The van der Waals surface area contributed by atoms with Crippen LogP contribution in [0.2, 0.25) is 0 Å². The molecule has 2 N–H and O–H groups in total. The molecule has 1 aliphatic heterocycles. The summed E-state index contributed by atoms with van der Waals surface area (Å²) in [5.41, 5.74) is 2.84. The van der Waals surface area contributed by atoms with E-state index >= 15 is 0 Å². The Hall–Kier alpha value is -3.22. The van der Waals surface area contributed by atoms with Crippen LogP contribution in [-0.2, 0) is 16.0 Å². The van der Waals surface area contributed by atoms with Gasteiger partial charge in [-0.05, 0) is 43.5 Å². The fourth-order valence-electron chi connectivity index (χ4n) is 3.63. The molecule has 2 amide bonds. The van der Waals surface area contributed by atoms with Gasteiger partial charge in [-0.3, -0.25) is 19.4 Å². The number of anilines is 1. The first-order valence-corrected chi connectivity index (χ1v) is 9.72. The molecule has 0 spiro atoms. The molecule has 7 nitrogen and oxygen atoms in total. The van der Waals surface area contributed by atoms with Crippen LogP contribution in [0.5, 0.6) is 0 Å². The van der Waals surface area contributed by atoms with Gasteiger partial charge < -0.3 is 15.3 Å². The number of aromatic nitrogens is 1. The molecule has 7 heteroatoms. The Morgan fingerprint density at radius 1 is 1.14 bits per heavy atom. The van der Waals surface area contributed by atoms with Crippen molar-refractivity contribution in [1.82, 2.24) is 9.88 Å². The Bertz CT molecular complexity index is 911. The number of carboxylic acids is 1. The molecule has 1 fully saturated rings. The molecule has 0 bridgehead atoms. The molecule has 0 radical (unpaired) electrons. The summed E-state index contributed by atoms with van der Waals surface area (Å²) < 4.78 is 0. The number of likely N-dealkylation sites (tertiary alicyclic amines) is 1. The lowest BCUT2D eigenvalue weighted by Gasteiger charge is -2.35. The van der Waals surface area contributed by atoms with E-state index in [1.807, 2.05) is 26.0 Å². The summed E-state index contributed by atoms with van der Waals surface area (Å²) >= 11 is 0. The van der Waals surface area contributed by atoms with Gasteiger partial charge in [-0.15, -0.1) is 0 Å². The minimum Gasteiger partial charge on any atom is -0.481 e. The number of pyridine rings is 1. The van der Waals surface area contributed by atoms with E-state index in [1.165, 1.54) is 4.90 Å². The zero-order chi connectivity index (χ0) is 21.0. The standard InChI is InChI=1S/C22H25N3O4/c1-3-15-6-4-5-7-19(15)21(27)25-12-16(10-17(13-25)22(28)29)20(26)24-18-9-8-14(2)23-11-18/h4-9,11,16-17H,3,10,12-13H2,1-2H3,(H,24,26)(H,28,29)/t16-,17+/m1/s1. The van der Waals surface area contributed by atoms with Crippen LogP contribution in [0.15, 0.2) is 42.6 Å². The number of hydrogen-bond acceptors (Lipinski definition) is 4. The first kappa shape index (κ1) is 20.5. The summed E-state index contributed by atoms with van der Waals surface area (Å²) in [6.07, 6.45) is 2.45. The smallest absolute Gasteiger partial charge is 0.308 e. The molecule has 3 rings (SSSR count). The van der Waals surface area contributed by atoms with E-state index in [-0.39, 0.29) is 31.3 Å². The summed E-state index contributed by atoms with van der Waals surface area (Å²) in [5.74, 6) is -2.93. The quantitative estimate of drug-likeness (QED) is 0.811. The van der Waals surface area contributed by atoms with E-state index in [1.54, 1.807) is 30.5 Å². The zero-order valence-electron chi connectivity index (χ0n) is 16.6. The normalized spacial score (nSPS) is 18.9. The predicted octanol–water partition coefficient (Wildman–Crippen LogP) is 2.75. The number of amides is 2. The summed E-state index contributed by atoms with van der Waals surface area (Å²) in [6, 6.07) is 10.8. The van der Waals surface area contributed by atoms with Crippen LogP contribution in [0.3, 0.4) is 0 Å². The van der Waals surface area contributed by atoms with Gasteiger partial charge in [0.15, 0.2) is 0 Å². The summed E-state index contributed by atoms with van der Waals surface area (Å²) in [6.45, 7) is 4.10. The van der Waals surface area contributed by atoms with Gasteiger partial charge in [-0.1, -0.05) is 25.1 Å². The molecule has 2 heterocycles. The van der Waals surface area contributed by atoms with Crippen molar-refractivity contribution in [3.8, 4) is 0 Å². The van der Waals surface area contributed by atoms with Crippen molar-refractivity contribution < 1.29 is 19.5 Å². The van der Waals surface area contributed by atoms with Gasteiger partial charge in [-0.25, -0.2) is 0 Å². The van der Waals surface area contributed by atoms with Crippen LogP contribution in [0.25, 0.3) is 0 Å². The lowest BCUT2D eigenvalue weighted by Crippen LogP contribution is -2.49. The molecule has 2 atom stereocenters. The molecular weight excluding hydrogens is 370 g/mol. The van der Waals surface area contributed by atoms with E-state index in [4.69, 9.17) is 0 Å². The number of rotatable bonds is 5. The monoisotopic (exact) mass is 395 g/mol. The Labute approximate surface area is 169 Å². The van der Waals surface area contributed by atoms with E-state index in [0.717, 1.165) is 11.3 Å². The third kappa shape index (κ3) is 4.80. The minimum absolute atomic E-state index is 0.0993. The highest BCUT2D eigenvalue weighted by atomic mass is 16.4. The number of hydrogen-bond donors (Lipinski definition) is 2. The number of aryl methyl sites for hydroxylation is 2. The predicted molar refractivity (Wildman–Crippen MR) is 109 cm³/mol. The maximum Gasteiger partial charge on any atom is 0.308 e. The molecular formula is C22H25N3O4. The highest BCUT2D eigenvalue weighted by Gasteiger charge is 2.37. The fourth-order valence-corrected chi connectivity index (χ4v) is 3.63. The Kier molecular flexibility index (Phi) is 6.26. The van der Waals surface area contributed by atoms with Crippen LogP contribution >= 0.6 is 0 Å². The number of carboxylic acid groups (broad SMARTS) is 1. The third-order valence-electron chi connectivity index (χ3n) is 5.27. The lowest BCUT2D eigenvalue weighted by molar-refractivity contribution is -0.144. The van der Waals surface area contributed by atoms with Gasteiger partial charge in [0.2, 0.25) is 5.91 Å². The second kappa shape index (κ2) is 8.86. The van der Waals surface area contributed by atoms with Gasteiger partial charge in [0.1, 0.15) is 0 Å². The maximum atomic E-state index is 13.1. The largest absolute Gasteiger partial charge is 0.481 e. The molecule has 152 valence electrons. The van der Waals surface area contributed by atoms with Crippen LogP contribution in [0.1, 0.15) is 35.0 Å². The summed E-state index contributed by atoms with van der Waals surface area (Å²) in [5, 5.41) is 12.3. The summed E-state index contributed by atoms with van der Waals surface area (Å²) in [7, 11) is 0. The first-order valence-electron chi connectivity index (χ1n) is 9.72. The number of benzene rings is 1. The van der Waals surface area contributed by atoms with Gasteiger partial charge in [0.25, 0.3) is 5.91 Å². The van der Waals surface area contributed by atoms with Crippen molar-refractivity contribution in [3.63, 3.8) is 0 Å². The summed E-state index contributed by atoms with van der Waals surface area (Å²) in [4.78, 5) is 43.2. The average Bonchev–Trinajstić information content (AvgIpc) is 2.74. The molecule has 1 aliphatic rings. The van der Waals surface area contributed by atoms with Crippen molar-refractivity contribution in [2.75, 3.05) is 18.4 Å². The SMILES string of the molecule is CCc1ccccc1C(=O)N1C[C@@H](C(=O)O)C[C@@H](C(=O)Nc2ccc(C)nc2)C1. The fraction of sp³-hybridized carbons (Fsp3) is 0.364. The Balaban J connectivity index is 1.80.